The molecule has 0 unspecified atom stereocenters. The molecule has 5 nitrogen and oxygen atoms in total. The molecule has 0 aliphatic rings. The topological polar surface area (TPSA) is 47.5 Å². The Morgan fingerprint density at radius 3 is 2.62 bits per heavy atom. The van der Waals surface area contributed by atoms with Crippen LogP contribution in [0.2, 0.25) is 5.28 Å². The first-order chi connectivity index (χ1) is 9.90. The van der Waals surface area contributed by atoms with Crippen LogP contribution in [0.5, 0.6) is 0 Å². The average Bonchev–Trinajstić information content (AvgIpc) is 2.43. The van der Waals surface area contributed by atoms with Gasteiger partial charge in [0.2, 0.25) is 11.0 Å². The van der Waals surface area contributed by atoms with E-state index in [1.807, 2.05) is 32.0 Å². The first kappa shape index (κ1) is 19.1. The van der Waals surface area contributed by atoms with Gasteiger partial charge in [0.1, 0.15) is 5.82 Å². The summed E-state index contributed by atoms with van der Waals surface area (Å²) in [5.41, 5.74) is -1.62. The van der Waals surface area contributed by atoms with Gasteiger partial charge in [0.05, 0.1) is 18.9 Å². The van der Waals surface area contributed by atoms with Crippen LogP contribution in [0.1, 0.15) is 26.0 Å². The van der Waals surface area contributed by atoms with E-state index in [1.54, 1.807) is 11.4 Å². The number of hydrogen-bond acceptors (Lipinski definition) is 7. The van der Waals surface area contributed by atoms with Crippen LogP contribution in [-0.4, -0.2) is 36.4 Å². The van der Waals surface area contributed by atoms with Crippen molar-refractivity contribution in [2.24, 2.45) is 0 Å². The van der Waals surface area contributed by atoms with E-state index in [0.717, 1.165) is 18.0 Å². The molecule has 0 amide bonds. The molecule has 0 spiro atoms. The van der Waals surface area contributed by atoms with Crippen LogP contribution in [0, 0.1) is 0 Å². The first-order valence-corrected chi connectivity index (χ1v) is 11.2. The molecular formula is C12H21ClN3O2PS2. The van der Waals surface area contributed by atoms with E-state index in [2.05, 4.69) is 16.9 Å². The molecule has 0 N–H and O–H groups in total. The van der Waals surface area contributed by atoms with Gasteiger partial charge in [-0.2, -0.15) is 0 Å². The number of nitrogens with zero attached hydrogens (tertiary/aromatic N) is 3. The Morgan fingerprint density at radius 2 is 2.05 bits per heavy atom. The fourth-order valence-corrected chi connectivity index (χ4v) is 6.09. The first-order valence-electron chi connectivity index (χ1n) is 6.64. The maximum atomic E-state index is 5.93. The molecule has 0 saturated carbocycles. The molecule has 1 aromatic rings. The minimum absolute atomic E-state index is 0.200. The van der Waals surface area contributed by atoms with Crippen molar-refractivity contribution in [2.75, 3.05) is 31.4 Å². The van der Waals surface area contributed by atoms with Gasteiger partial charge in [-0.05, 0) is 36.8 Å². The highest BCUT2D eigenvalue weighted by molar-refractivity contribution is 8.67. The highest BCUT2D eigenvalue weighted by atomic mass is 35.5. The van der Waals surface area contributed by atoms with Crippen molar-refractivity contribution in [3.8, 4) is 0 Å². The van der Waals surface area contributed by atoms with Crippen molar-refractivity contribution in [1.82, 2.24) is 9.97 Å². The van der Waals surface area contributed by atoms with Crippen LogP contribution in [0.3, 0.4) is 0 Å². The van der Waals surface area contributed by atoms with Crippen LogP contribution < -0.4 is 4.90 Å². The van der Waals surface area contributed by atoms with E-state index in [9.17, 15) is 0 Å². The third-order valence-electron chi connectivity index (χ3n) is 2.31. The lowest BCUT2D eigenvalue weighted by Gasteiger charge is -2.20. The minimum Gasteiger partial charge on any atom is -0.363 e. The molecule has 0 bridgehead atoms. The monoisotopic (exact) mass is 369 g/mol. The average molecular weight is 370 g/mol. The molecule has 0 saturated heterocycles. The quantitative estimate of drug-likeness (QED) is 0.479. The third-order valence-corrected chi connectivity index (χ3v) is 8.11. The van der Waals surface area contributed by atoms with E-state index >= 15 is 0 Å². The van der Waals surface area contributed by atoms with Crippen molar-refractivity contribution >= 4 is 46.3 Å². The summed E-state index contributed by atoms with van der Waals surface area (Å²) >= 11 is 13.0. The number of anilines is 1. The zero-order valence-electron chi connectivity index (χ0n) is 12.7. The summed E-state index contributed by atoms with van der Waals surface area (Å²) < 4.78 is 11.5. The molecule has 0 aliphatic carbocycles. The van der Waals surface area contributed by atoms with Gasteiger partial charge in [-0.25, -0.2) is 9.97 Å². The lowest BCUT2D eigenvalue weighted by Crippen LogP contribution is -2.12. The zero-order chi connectivity index (χ0) is 15.9. The maximum Gasteiger partial charge on any atom is 0.247 e. The second kappa shape index (κ2) is 9.28. The molecule has 1 atom stereocenters. The predicted octanol–water partition coefficient (Wildman–Crippen LogP) is 4.12. The summed E-state index contributed by atoms with van der Waals surface area (Å²) in [6, 6.07) is 1.84. The second-order valence-electron chi connectivity index (χ2n) is 4.35. The van der Waals surface area contributed by atoms with Crippen LogP contribution in [0.15, 0.2) is 6.07 Å². The Balaban J connectivity index is 2.77. The van der Waals surface area contributed by atoms with Gasteiger partial charge in [0.25, 0.3) is 0 Å². The molecular weight excluding hydrogens is 349 g/mol. The van der Waals surface area contributed by atoms with Crippen molar-refractivity contribution in [2.45, 2.75) is 26.9 Å². The molecule has 1 heterocycles. The SMILES string of the molecule is CCCS[P@@](=S)(OCC)OCc1cc(N(C)C)nc(Cl)n1. The molecule has 0 radical (unpaired) electrons. The molecule has 1 rings (SSSR count). The molecule has 9 heteroatoms. The second-order valence-corrected chi connectivity index (χ2v) is 11.1. The molecule has 0 aliphatic heterocycles. The largest absolute Gasteiger partial charge is 0.363 e. The fourth-order valence-electron chi connectivity index (χ4n) is 1.37. The fraction of sp³-hybridized carbons (Fsp3) is 0.667. The molecule has 0 aromatic carbocycles. The van der Waals surface area contributed by atoms with E-state index < -0.39 is 5.69 Å². The van der Waals surface area contributed by atoms with Gasteiger partial charge in [-0.1, -0.05) is 18.3 Å². The Bertz CT molecular complexity index is 505. The maximum absolute atomic E-state index is 5.93. The van der Waals surface area contributed by atoms with Gasteiger partial charge in [0.15, 0.2) is 0 Å². The third kappa shape index (κ3) is 6.80. The van der Waals surface area contributed by atoms with E-state index in [0.29, 0.717) is 12.3 Å². The summed E-state index contributed by atoms with van der Waals surface area (Å²) in [4.78, 5) is 10.2. The summed E-state index contributed by atoms with van der Waals surface area (Å²) in [5, 5.41) is 0.200. The smallest absolute Gasteiger partial charge is 0.247 e. The summed E-state index contributed by atoms with van der Waals surface area (Å²) in [5.74, 6) is 1.66. The van der Waals surface area contributed by atoms with Gasteiger partial charge in [-0.3, -0.25) is 0 Å². The van der Waals surface area contributed by atoms with E-state index in [-0.39, 0.29) is 11.9 Å². The van der Waals surface area contributed by atoms with E-state index in [4.69, 9.17) is 32.5 Å². The number of aromatic nitrogens is 2. The van der Waals surface area contributed by atoms with Crippen molar-refractivity contribution in [3.05, 3.63) is 17.0 Å². The number of halogens is 1. The Kier molecular flexibility index (Phi) is 8.46. The van der Waals surface area contributed by atoms with Crippen LogP contribution in [0.25, 0.3) is 0 Å². The standard InChI is InChI=1S/C12H21ClN3O2PS2/c1-5-7-21-19(20,17-6-2)18-9-10-8-11(16(3)4)15-12(13)14-10/h8H,5-7,9H2,1-4H3/t19-/m0/s1. The van der Waals surface area contributed by atoms with Gasteiger partial charge >= 0.3 is 0 Å². The molecule has 21 heavy (non-hydrogen) atoms. The molecule has 0 fully saturated rings. The summed E-state index contributed by atoms with van der Waals surface area (Å²) in [7, 11) is 3.79. The Hall–Kier alpha value is 0.0900. The molecule has 1 aromatic heterocycles. The number of hydrogen-bond donors (Lipinski definition) is 0. The summed E-state index contributed by atoms with van der Waals surface area (Å²) in [6.07, 6.45) is 1.03. The van der Waals surface area contributed by atoms with Crippen molar-refractivity contribution in [1.29, 1.82) is 0 Å². The predicted molar refractivity (Wildman–Crippen MR) is 94.8 cm³/mol. The minimum atomic E-state index is -2.32. The van der Waals surface area contributed by atoms with Crippen LogP contribution in [0.4, 0.5) is 5.82 Å². The van der Waals surface area contributed by atoms with Gasteiger partial charge < -0.3 is 13.9 Å². The Morgan fingerprint density at radius 1 is 1.33 bits per heavy atom. The lowest BCUT2D eigenvalue weighted by molar-refractivity contribution is 0.259. The normalized spacial score (nSPS) is 14.0. The van der Waals surface area contributed by atoms with Crippen LogP contribution >= 0.6 is 28.7 Å². The summed E-state index contributed by atoms with van der Waals surface area (Å²) in [6.45, 7) is 4.84. The lowest BCUT2D eigenvalue weighted by atomic mass is 10.4. The van der Waals surface area contributed by atoms with Crippen LogP contribution in [-0.2, 0) is 27.5 Å². The molecule has 120 valence electrons. The van der Waals surface area contributed by atoms with E-state index in [1.165, 1.54) is 0 Å². The van der Waals surface area contributed by atoms with Crippen molar-refractivity contribution < 1.29 is 9.05 Å². The zero-order valence-corrected chi connectivity index (χ0v) is 16.0. The van der Waals surface area contributed by atoms with Gasteiger partial charge in [0, 0.05) is 25.9 Å². The highest BCUT2D eigenvalue weighted by Gasteiger charge is 2.20. The van der Waals surface area contributed by atoms with Gasteiger partial charge in [-0.15, -0.1) is 0 Å². The number of rotatable bonds is 9. The highest BCUT2D eigenvalue weighted by Crippen LogP contribution is 2.61. The Labute approximate surface area is 140 Å². The van der Waals surface area contributed by atoms with Crippen molar-refractivity contribution in [3.63, 3.8) is 0 Å².